The predicted molar refractivity (Wildman–Crippen MR) is 96.0 cm³/mol. The molecule has 0 radical (unpaired) electrons. The molecule has 0 fully saturated rings. The van der Waals surface area contributed by atoms with Crippen LogP contribution < -0.4 is 10.1 Å². The van der Waals surface area contributed by atoms with Crippen molar-refractivity contribution in [3.05, 3.63) is 54.1 Å². The number of nitrogens with one attached hydrogen (secondary N) is 1. The first kappa shape index (κ1) is 16.7. The van der Waals surface area contributed by atoms with Crippen molar-refractivity contribution in [2.24, 2.45) is 0 Å². The Balaban J connectivity index is 1.69. The van der Waals surface area contributed by atoms with Gasteiger partial charge in [0.2, 0.25) is 5.95 Å². The second kappa shape index (κ2) is 7.17. The topological polar surface area (TPSA) is 73.2 Å². The average molecular weight is 337 g/mol. The van der Waals surface area contributed by atoms with E-state index in [2.05, 4.69) is 10.3 Å². The van der Waals surface area contributed by atoms with E-state index in [9.17, 15) is 9.59 Å². The lowest BCUT2D eigenvalue weighted by molar-refractivity contribution is -0.118. The van der Waals surface area contributed by atoms with E-state index in [0.29, 0.717) is 23.8 Å². The van der Waals surface area contributed by atoms with Crippen LogP contribution in [-0.4, -0.2) is 27.8 Å². The molecule has 25 heavy (non-hydrogen) atoms. The number of para-hydroxylation sites is 2. The summed E-state index contributed by atoms with van der Waals surface area (Å²) in [6, 6.07) is 14.5. The molecule has 0 spiro atoms. The third kappa shape index (κ3) is 3.68. The van der Waals surface area contributed by atoms with Crippen molar-refractivity contribution in [2.45, 2.75) is 20.4 Å². The Morgan fingerprint density at radius 1 is 1.16 bits per heavy atom. The minimum atomic E-state index is -0.307. The van der Waals surface area contributed by atoms with Crippen molar-refractivity contribution in [3.63, 3.8) is 0 Å². The van der Waals surface area contributed by atoms with Crippen LogP contribution in [-0.2, 0) is 11.3 Å². The molecule has 0 saturated heterocycles. The number of rotatable bonds is 6. The van der Waals surface area contributed by atoms with Crippen molar-refractivity contribution in [1.82, 2.24) is 9.55 Å². The molecule has 3 aromatic rings. The standard InChI is InChI=1S/C19H19N3O3/c1-3-22-17-10-5-4-9-16(17)20-19(22)21-18(24)12-25-15-8-6-7-14(11-15)13(2)23/h4-11H,3,12H2,1-2H3,(H,20,21,24). The number of nitrogens with zero attached hydrogens (tertiary/aromatic N) is 2. The first-order valence-corrected chi connectivity index (χ1v) is 8.07. The molecule has 1 N–H and O–H groups in total. The maximum absolute atomic E-state index is 12.2. The van der Waals surface area contributed by atoms with Gasteiger partial charge in [-0.05, 0) is 38.1 Å². The fraction of sp³-hybridized carbons (Fsp3) is 0.211. The number of ketones is 1. The van der Waals surface area contributed by atoms with Gasteiger partial charge in [-0.25, -0.2) is 4.98 Å². The van der Waals surface area contributed by atoms with E-state index >= 15 is 0 Å². The molecule has 0 atom stereocenters. The highest BCUT2D eigenvalue weighted by Gasteiger charge is 2.12. The van der Waals surface area contributed by atoms with Crippen LogP contribution in [0.3, 0.4) is 0 Å². The fourth-order valence-corrected chi connectivity index (χ4v) is 2.61. The molecule has 128 valence electrons. The van der Waals surface area contributed by atoms with Gasteiger partial charge in [-0.15, -0.1) is 0 Å². The number of aromatic nitrogens is 2. The van der Waals surface area contributed by atoms with Gasteiger partial charge in [0.15, 0.2) is 12.4 Å². The molecule has 0 bridgehead atoms. The molecule has 2 aromatic carbocycles. The van der Waals surface area contributed by atoms with E-state index in [-0.39, 0.29) is 18.3 Å². The predicted octanol–water partition coefficient (Wildman–Crippen LogP) is 3.28. The van der Waals surface area contributed by atoms with E-state index in [4.69, 9.17) is 4.74 Å². The van der Waals surface area contributed by atoms with Crippen molar-refractivity contribution in [2.75, 3.05) is 11.9 Å². The molecule has 1 amide bonds. The van der Waals surface area contributed by atoms with Gasteiger partial charge in [0.25, 0.3) is 5.91 Å². The molecular weight excluding hydrogens is 318 g/mol. The Morgan fingerprint density at radius 2 is 1.96 bits per heavy atom. The zero-order chi connectivity index (χ0) is 17.8. The third-order valence-electron chi connectivity index (χ3n) is 3.83. The molecular formula is C19H19N3O3. The molecule has 0 aliphatic rings. The van der Waals surface area contributed by atoms with Gasteiger partial charge in [0.1, 0.15) is 5.75 Å². The lowest BCUT2D eigenvalue weighted by Crippen LogP contribution is -2.22. The highest BCUT2D eigenvalue weighted by Crippen LogP contribution is 2.19. The molecule has 1 heterocycles. The molecule has 6 heteroatoms. The highest BCUT2D eigenvalue weighted by molar-refractivity contribution is 5.94. The van der Waals surface area contributed by atoms with Gasteiger partial charge in [-0.2, -0.15) is 0 Å². The highest BCUT2D eigenvalue weighted by atomic mass is 16.5. The molecule has 6 nitrogen and oxygen atoms in total. The van der Waals surface area contributed by atoms with Crippen LogP contribution in [0.5, 0.6) is 5.75 Å². The van der Waals surface area contributed by atoms with Crippen molar-refractivity contribution >= 4 is 28.7 Å². The van der Waals surface area contributed by atoms with E-state index in [1.807, 2.05) is 35.8 Å². The normalized spacial score (nSPS) is 10.6. The van der Waals surface area contributed by atoms with Crippen LogP contribution in [0.15, 0.2) is 48.5 Å². The number of Topliss-reactive ketones (excluding diaryl/α,β-unsaturated/α-hetero) is 1. The van der Waals surface area contributed by atoms with Crippen LogP contribution in [0.2, 0.25) is 0 Å². The SMILES string of the molecule is CCn1c(NC(=O)COc2cccc(C(C)=O)c2)nc2ccccc21. The van der Waals surface area contributed by atoms with E-state index in [1.165, 1.54) is 6.92 Å². The van der Waals surface area contributed by atoms with Crippen LogP contribution >= 0.6 is 0 Å². The summed E-state index contributed by atoms with van der Waals surface area (Å²) in [6.07, 6.45) is 0. The minimum Gasteiger partial charge on any atom is -0.484 e. The number of amides is 1. The monoisotopic (exact) mass is 337 g/mol. The van der Waals surface area contributed by atoms with Gasteiger partial charge in [0, 0.05) is 12.1 Å². The molecule has 0 aliphatic heterocycles. The summed E-state index contributed by atoms with van der Waals surface area (Å²) in [5.74, 6) is 0.617. The lowest BCUT2D eigenvalue weighted by Gasteiger charge is -2.09. The minimum absolute atomic E-state index is 0.0495. The maximum Gasteiger partial charge on any atom is 0.264 e. The van der Waals surface area contributed by atoms with E-state index in [1.54, 1.807) is 24.3 Å². The number of hydrogen-bond acceptors (Lipinski definition) is 4. The Morgan fingerprint density at radius 3 is 2.72 bits per heavy atom. The second-order valence-electron chi connectivity index (χ2n) is 5.59. The van der Waals surface area contributed by atoms with Gasteiger partial charge in [-0.3, -0.25) is 14.9 Å². The summed E-state index contributed by atoms with van der Waals surface area (Å²) in [5.41, 5.74) is 2.34. The van der Waals surface area contributed by atoms with Crippen LogP contribution in [0.25, 0.3) is 11.0 Å². The van der Waals surface area contributed by atoms with Gasteiger partial charge in [0.05, 0.1) is 11.0 Å². The lowest BCUT2D eigenvalue weighted by atomic mass is 10.1. The number of carbonyl (C=O) groups is 2. The quantitative estimate of drug-likeness (QED) is 0.701. The Kier molecular flexibility index (Phi) is 4.79. The Bertz CT molecular complexity index is 931. The third-order valence-corrected chi connectivity index (χ3v) is 3.83. The Hall–Kier alpha value is -3.15. The zero-order valence-electron chi connectivity index (χ0n) is 14.2. The van der Waals surface area contributed by atoms with E-state index < -0.39 is 0 Å². The average Bonchev–Trinajstić information content (AvgIpc) is 2.97. The zero-order valence-corrected chi connectivity index (χ0v) is 14.2. The smallest absolute Gasteiger partial charge is 0.264 e. The number of carbonyl (C=O) groups excluding carboxylic acids is 2. The number of anilines is 1. The number of fused-ring (bicyclic) bond motifs is 1. The van der Waals surface area contributed by atoms with Crippen LogP contribution in [0.4, 0.5) is 5.95 Å². The summed E-state index contributed by atoms with van der Waals surface area (Å²) in [4.78, 5) is 28.0. The number of hydrogen-bond donors (Lipinski definition) is 1. The number of aryl methyl sites for hydroxylation is 1. The fourth-order valence-electron chi connectivity index (χ4n) is 2.61. The molecule has 0 saturated carbocycles. The van der Waals surface area contributed by atoms with Gasteiger partial charge < -0.3 is 9.30 Å². The van der Waals surface area contributed by atoms with Crippen LogP contribution in [0, 0.1) is 0 Å². The van der Waals surface area contributed by atoms with Crippen molar-refractivity contribution < 1.29 is 14.3 Å². The maximum atomic E-state index is 12.2. The van der Waals surface area contributed by atoms with E-state index in [0.717, 1.165) is 11.0 Å². The van der Waals surface area contributed by atoms with Gasteiger partial charge in [-0.1, -0.05) is 24.3 Å². The van der Waals surface area contributed by atoms with Crippen molar-refractivity contribution in [3.8, 4) is 5.75 Å². The van der Waals surface area contributed by atoms with Crippen LogP contribution in [0.1, 0.15) is 24.2 Å². The summed E-state index contributed by atoms with van der Waals surface area (Å²) in [5, 5.41) is 2.78. The summed E-state index contributed by atoms with van der Waals surface area (Å²) in [7, 11) is 0. The molecule has 0 unspecified atom stereocenters. The largest absolute Gasteiger partial charge is 0.484 e. The number of ether oxygens (including phenoxy) is 1. The number of imidazole rings is 1. The molecule has 0 aliphatic carbocycles. The molecule has 1 aromatic heterocycles. The summed E-state index contributed by atoms with van der Waals surface area (Å²) < 4.78 is 7.41. The van der Waals surface area contributed by atoms with Crippen molar-refractivity contribution in [1.29, 1.82) is 0 Å². The summed E-state index contributed by atoms with van der Waals surface area (Å²) in [6.45, 7) is 4.01. The Labute approximate surface area is 145 Å². The number of benzene rings is 2. The first-order valence-electron chi connectivity index (χ1n) is 8.07. The first-order chi connectivity index (χ1) is 12.1. The second-order valence-corrected chi connectivity index (χ2v) is 5.59. The van der Waals surface area contributed by atoms with Gasteiger partial charge >= 0.3 is 0 Å². The molecule has 3 rings (SSSR count). The summed E-state index contributed by atoms with van der Waals surface area (Å²) >= 11 is 0.